The molecule has 218 valence electrons. The monoisotopic (exact) mass is 610 g/mol. The summed E-state index contributed by atoms with van der Waals surface area (Å²) < 4.78 is 91.1. The highest BCUT2D eigenvalue weighted by Gasteiger charge is 2.76. The molecule has 1 heterocycles. The van der Waals surface area contributed by atoms with Crippen molar-refractivity contribution >= 4 is 45.7 Å². The van der Waals surface area contributed by atoms with Crippen LogP contribution in [0.5, 0.6) is 0 Å². The van der Waals surface area contributed by atoms with Crippen molar-refractivity contribution in [3.63, 3.8) is 0 Å². The molecular weight excluding hydrogens is 593 g/mol. The largest absolute Gasteiger partial charge is 0.460 e. The van der Waals surface area contributed by atoms with Crippen LogP contribution in [0.4, 0.5) is 36.4 Å². The highest BCUT2D eigenvalue weighted by Crippen LogP contribution is 2.47. The molecule has 0 saturated heterocycles. The molecule has 0 aliphatic heterocycles. The molecule has 1 aromatic heterocycles. The fourth-order valence-electron chi connectivity index (χ4n) is 3.77. The van der Waals surface area contributed by atoms with E-state index in [9.17, 15) is 40.3 Å². The maximum absolute atomic E-state index is 13.7. The lowest BCUT2D eigenvalue weighted by molar-refractivity contribution is -0.343. The van der Waals surface area contributed by atoms with Gasteiger partial charge in [0.05, 0.1) is 27.5 Å². The van der Waals surface area contributed by atoms with Crippen LogP contribution < -0.4 is 10.7 Å². The average molecular weight is 611 g/mol. The van der Waals surface area contributed by atoms with Crippen molar-refractivity contribution in [3.8, 4) is 11.3 Å². The highest BCUT2D eigenvalue weighted by molar-refractivity contribution is 6.35. The van der Waals surface area contributed by atoms with Gasteiger partial charge in [0, 0.05) is 16.6 Å². The summed E-state index contributed by atoms with van der Waals surface area (Å²) >= 11 is 6.33. The molecule has 0 bridgehead atoms. The zero-order chi connectivity index (χ0) is 30.9. The second kappa shape index (κ2) is 11.4. The first-order valence-electron chi connectivity index (χ1n) is 11.9. The number of hydrogen-bond donors (Lipinski definition) is 2. The van der Waals surface area contributed by atoms with Gasteiger partial charge < -0.3 is 5.32 Å². The normalized spacial score (nSPS) is 12.7. The van der Waals surface area contributed by atoms with Crippen molar-refractivity contribution in [2.24, 2.45) is 5.10 Å². The van der Waals surface area contributed by atoms with E-state index in [1.165, 1.54) is 24.4 Å². The summed E-state index contributed by atoms with van der Waals surface area (Å²) in [7, 11) is 0. The summed E-state index contributed by atoms with van der Waals surface area (Å²) in [5.74, 6) is -16.2. The van der Waals surface area contributed by atoms with E-state index < -0.39 is 35.5 Å². The SMILES string of the molecule is C/C(=N/NC(=O)c1cc(-c2ccccc2)nc2c(Cl)cccc12)c1cccc(NC(=O)C(F)(F)C(F)(F)C(F)(F)F)c1. The first kappa shape index (κ1) is 30.4. The number of aromatic nitrogens is 1. The Morgan fingerprint density at radius 2 is 1.52 bits per heavy atom. The molecule has 0 radical (unpaired) electrons. The van der Waals surface area contributed by atoms with Gasteiger partial charge in [-0.1, -0.05) is 66.2 Å². The number of alkyl halides is 7. The number of benzene rings is 3. The molecular formula is C28H18ClF7N4O2. The van der Waals surface area contributed by atoms with Gasteiger partial charge in [-0.25, -0.2) is 10.4 Å². The van der Waals surface area contributed by atoms with E-state index in [4.69, 9.17) is 11.6 Å². The van der Waals surface area contributed by atoms with E-state index in [1.807, 2.05) is 6.07 Å². The molecule has 4 rings (SSSR count). The van der Waals surface area contributed by atoms with Gasteiger partial charge in [0.1, 0.15) is 0 Å². The van der Waals surface area contributed by atoms with E-state index in [0.29, 0.717) is 27.2 Å². The lowest BCUT2D eigenvalue weighted by Gasteiger charge is -2.27. The molecule has 4 aromatic rings. The Hall–Kier alpha value is -4.52. The lowest BCUT2D eigenvalue weighted by atomic mass is 10.0. The first-order chi connectivity index (χ1) is 19.6. The number of para-hydroxylation sites is 1. The number of nitrogens with one attached hydrogen (secondary N) is 2. The Kier molecular flexibility index (Phi) is 8.26. The van der Waals surface area contributed by atoms with Crippen molar-refractivity contribution in [1.29, 1.82) is 0 Å². The Labute approximate surface area is 238 Å². The van der Waals surface area contributed by atoms with Crippen LogP contribution in [0.1, 0.15) is 22.8 Å². The van der Waals surface area contributed by atoms with Gasteiger partial charge in [-0.2, -0.15) is 35.8 Å². The summed E-state index contributed by atoms with van der Waals surface area (Å²) in [6, 6.07) is 20.0. The van der Waals surface area contributed by atoms with Gasteiger partial charge in [0.25, 0.3) is 5.91 Å². The van der Waals surface area contributed by atoms with Crippen LogP contribution >= 0.6 is 11.6 Å². The first-order valence-corrected chi connectivity index (χ1v) is 12.2. The molecule has 0 aliphatic carbocycles. The molecule has 0 fully saturated rings. The van der Waals surface area contributed by atoms with Crippen molar-refractivity contribution in [2.45, 2.75) is 24.9 Å². The lowest BCUT2D eigenvalue weighted by Crippen LogP contribution is -2.57. The number of hydrogen-bond acceptors (Lipinski definition) is 4. The Balaban J connectivity index is 1.58. The Morgan fingerprint density at radius 3 is 2.19 bits per heavy atom. The van der Waals surface area contributed by atoms with Crippen LogP contribution in [0, 0.1) is 0 Å². The molecule has 0 saturated carbocycles. The van der Waals surface area contributed by atoms with Gasteiger partial charge in [-0.3, -0.25) is 9.59 Å². The molecule has 0 aliphatic rings. The third-order valence-corrected chi connectivity index (χ3v) is 6.31. The minimum atomic E-state index is -6.66. The second-order valence-corrected chi connectivity index (χ2v) is 9.28. The van der Waals surface area contributed by atoms with Crippen molar-refractivity contribution in [2.75, 3.05) is 5.32 Å². The quantitative estimate of drug-likeness (QED) is 0.129. The third kappa shape index (κ3) is 5.91. The number of nitrogens with zero attached hydrogens (tertiary/aromatic N) is 2. The zero-order valence-electron chi connectivity index (χ0n) is 21.2. The van der Waals surface area contributed by atoms with Gasteiger partial charge in [0.15, 0.2) is 0 Å². The van der Waals surface area contributed by atoms with Gasteiger partial charge in [0.2, 0.25) is 0 Å². The fourth-order valence-corrected chi connectivity index (χ4v) is 3.99. The highest BCUT2D eigenvalue weighted by atomic mass is 35.5. The molecule has 2 amide bonds. The number of pyridine rings is 1. The van der Waals surface area contributed by atoms with Crippen molar-refractivity contribution in [3.05, 3.63) is 95.0 Å². The molecule has 42 heavy (non-hydrogen) atoms. The van der Waals surface area contributed by atoms with E-state index in [-0.39, 0.29) is 16.8 Å². The summed E-state index contributed by atoms with van der Waals surface area (Å²) in [4.78, 5) is 29.5. The van der Waals surface area contributed by atoms with Gasteiger partial charge >= 0.3 is 23.9 Å². The van der Waals surface area contributed by atoms with Gasteiger partial charge in [-0.15, -0.1) is 0 Å². The van der Waals surface area contributed by atoms with Crippen LogP contribution in [0.2, 0.25) is 5.02 Å². The standard InChI is InChI=1S/C28H18ClF7N4O2/c1-15(17-9-5-10-18(13-17)37-25(42)26(30,31)27(32,33)28(34,35)36)39-40-24(41)20-14-22(16-7-3-2-4-8-16)38-23-19(20)11-6-12-21(23)29/h2-14H,1H3,(H,37,42)(H,40,41)/b39-15-. The van der Waals surface area contributed by atoms with Crippen LogP contribution in [-0.2, 0) is 4.79 Å². The van der Waals surface area contributed by atoms with E-state index in [1.54, 1.807) is 48.5 Å². The summed E-state index contributed by atoms with van der Waals surface area (Å²) in [5, 5.41) is 6.07. The Bertz CT molecular complexity index is 1690. The summed E-state index contributed by atoms with van der Waals surface area (Å²) in [6.07, 6.45) is -6.66. The van der Waals surface area contributed by atoms with Crippen molar-refractivity contribution in [1.82, 2.24) is 10.4 Å². The number of fused-ring (bicyclic) bond motifs is 1. The van der Waals surface area contributed by atoms with E-state index in [0.717, 1.165) is 12.1 Å². The third-order valence-electron chi connectivity index (χ3n) is 6.00. The molecule has 6 nitrogen and oxygen atoms in total. The molecule has 3 aromatic carbocycles. The maximum Gasteiger partial charge on any atom is 0.460 e. The van der Waals surface area contributed by atoms with E-state index in [2.05, 4.69) is 15.5 Å². The number of hydrazone groups is 1. The number of carbonyl (C=O) groups excluding carboxylic acids is 2. The number of amides is 2. The predicted octanol–water partition coefficient (Wildman–Crippen LogP) is 7.48. The molecule has 2 N–H and O–H groups in total. The number of carbonyl (C=O) groups is 2. The molecule has 0 spiro atoms. The van der Waals surface area contributed by atoms with E-state index >= 15 is 0 Å². The minimum Gasteiger partial charge on any atom is -0.321 e. The van der Waals surface area contributed by atoms with Crippen LogP contribution in [-0.4, -0.2) is 40.5 Å². The molecule has 0 atom stereocenters. The van der Waals surface area contributed by atoms with Crippen LogP contribution in [0.25, 0.3) is 22.2 Å². The minimum absolute atomic E-state index is 0.0755. The van der Waals surface area contributed by atoms with Crippen LogP contribution in [0.3, 0.4) is 0 Å². The predicted molar refractivity (Wildman–Crippen MR) is 143 cm³/mol. The number of anilines is 1. The summed E-state index contributed by atoms with van der Waals surface area (Å²) in [5.41, 5.74) is 3.74. The van der Waals surface area contributed by atoms with Gasteiger partial charge in [-0.05, 0) is 36.8 Å². The molecule has 0 unspecified atom stereocenters. The fraction of sp³-hybridized carbons (Fsp3) is 0.143. The zero-order valence-corrected chi connectivity index (χ0v) is 22.0. The summed E-state index contributed by atoms with van der Waals surface area (Å²) in [6.45, 7) is 1.39. The molecule has 14 heteroatoms. The smallest absolute Gasteiger partial charge is 0.321 e. The topological polar surface area (TPSA) is 83.4 Å². The van der Waals surface area contributed by atoms with Crippen LogP contribution in [0.15, 0.2) is 84.0 Å². The Morgan fingerprint density at radius 1 is 0.857 bits per heavy atom. The van der Waals surface area contributed by atoms with Crippen molar-refractivity contribution < 1.29 is 40.3 Å². The average Bonchev–Trinajstić information content (AvgIpc) is 2.95. The number of halogens is 8. The maximum atomic E-state index is 13.7. The second-order valence-electron chi connectivity index (χ2n) is 8.88. The number of rotatable bonds is 7.